The zero-order valence-corrected chi connectivity index (χ0v) is 16.6. The maximum Gasteiger partial charge on any atom is 0.308 e. The molecule has 2 rings (SSSR count). The summed E-state index contributed by atoms with van der Waals surface area (Å²) in [5, 5.41) is 10.6. The maximum absolute atomic E-state index is 11.1. The normalized spacial score (nSPS) is 11.9. The van der Waals surface area contributed by atoms with E-state index in [1.54, 1.807) is 30.4 Å². The standard InChI is InChI=1S/C22H26O6/c1-5-26-17-9-7-16(21(13-17)27-6-2)8-12-20(24)19-11-10-18(28-15(3)23)14-22(19)25-4/h7-14,20,24H,5-6H2,1-4H3. The van der Waals surface area contributed by atoms with Gasteiger partial charge in [0.25, 0.3) is 0 Å². The Morgan fingerprint density at radius 3 is 2.36 bits per heavy atom. The van der Waals surface area contributed by atoms with Crippen molar-refractivity contribution in [1.82, 2.24) is 0 Å². The van der Waals surface area contributed by atoms with Gasteiger partial charge in [-0.2, -0.15) is 0 Å². The van der Waals surface area contributed by atoms with Crippen molar-refractivity contribution >= 4 is 12.0 Å². The van der Waals surface area contributed by atoms with Crippen molar-refractivity contribution in [3.63, 3.8) is 0 Å². The molecule has 0 fully saturated rings. The monoisotopic (exact) mass is 386 g/mol. The van der Waals surface area contributed by atoms with E-state index in [0.717, 1.165) is 11.3 Å². The molecule has 28 heavy (non-hydrogen) atoms. The van der Waals surface area contributed by atoms with Crippen molar-refractivity contribution in [1.29, 1.82) is 0 Å². The van der Waals surface area contributed by atoms with Crippen LogP contribution in [0, 0.1) is 0 Å². The van der Waals surface area contributed by atoms with Gasteiger partial charge in [-0.15, -0.1) is 0 Å². The Morgan fingerprint density at radius 1 is 1.04 bits per heavy atom. The highest BCUT2D eigenvalue weighted by Crippen LogP contribution is 2.32. The van der Waals surface area contributed by atoms with Crippen LogP contribution < -0.4 is 18.9 Å². The highest BCUT2D eigenvalue weighted by molar-refractivity contribution is 5.69. The first-order valence-corrected chi connectivity index (χ1v) is 9.10. The van der Waals surface area contributed by atoms with E-state index in [-0.39, 0.29) is 0 Å². The fraction of sp³-hybridized carbons (Fsp3) is 0.318. The summed E-state index contributed by atoms with van der Waals surface area (Å²) < 4.78 is 21.5. The average molecular weight is 386 g/mol. The maximum atomic E-state index is 11.1. The van der Waals surface area contributed by atoms with Gasteiger partial charge in [0.1, 0.15) is 29.1 Å². The van der Waals surface area contributed by atoms with Crippen LogP contribution in [0.3, 0.4) is 0 Å². The van der Waals surface area contributed by atoms with Gasteiger partial charge < -0.3 is 24.1 Å². The van der Waals surface area contributed by atoms with E-state index in [1.807, 2.05) is 32.0 Å². The number of esters is 1. The summed E-state index contributed by atoms with van der Waals surface area (Å²) in [6.45, 7) is 6.24. The molecular formula is C22H26O6. The third-order valence-electron chi connectivity index (χ3n) is 3.84. The van der Waals surface area contributed by atoms with Gasteiger partial charge in [0.2, 0.25) is 0 Å². The second kappa shape index (κ2) is 10.4. The number of methoxy groups -OCH3 is 1. The zero-order valence-electron chi connectivity index (χ0n) is 16.6. The highest BCUT2D eigenvalue weighted by atomic mass is 16.5. The molecule has 1 atom stereocenters. The number of ether oxygens (including phenoxy) is 4. The molecular weight excluding hydrogens is 360 g/mol. The Morgan fingerprint density at radius 2 is 1.71 bits per heavy atom. The molecule has 6 nitrogen and oxygen atoms in total. The topological polar surface area (TPSA) is 74.2 Å². The van der Waals surface area contributed by atoms with E-state index < -0.39 is 12.1 Å². The summed E-state index contributed by atoms with van der Waals surface area (Å²) in [6, 6.07) is 10.4. The second-order valence-electron chi connectivity index (χ2n) is 5.87. The molecule has 0 aliphatic heterocycles. The Kier molecular flexibility index (Phi) is 7.89. The van der Waals surface area contributed by atoms with Crippen LogP contribution in [0.1, 0.15) is 38.0 Å². The highest BCUT2D eigenvalue weighted by Gasteiger charge is 2.13. The number of hydrogen-bond acceptors (Lipinski definition) is 6. The summed E-state index contributed by atoms with van der Waals surface area (Å²) in [5.41, 5.74) is 1.37. The summed E-state index contributed by atoms with van der Waals surface area (Å²) in [5.74, 6) is 1.76. The number of hydrogen-bond donors (Lipinski definition) is 1. The molecule has 1 N–H and O–H groups in total. The number of aliphatic hydroxyl groups is 1. The quantitative estimate of drug-likeness (QED) is 0.515. The summed E-state index contributed by atoms with van der Waals surface area (Å²) in [7, 11) is 1.49. The molecule has 0 saturated heterocycles. The molecule has 0 saturated carbocycles. The first-order chi connectivity index (χ1) is 13.5. The smallest absolute Gasteiger partial charge is 0.308 e. The molecule has 1 unspecified atom stereocenters. The third kappa shape index (κ3) is 5.76. The number of carbonyl (C=O) groups is 1. The minimum atomic E-state index is -0.914. The molecule has 0 spiro atoms. The fourth-order valence-electron chi connectivity index (χ4n) is 2.65. The molecule has 0 aliphatic rings. The minimum absolute atomic E-state index is 0.356. The summed E-state index contributed by atoms with van der Waals surface area (Å²) in [4.78, 5) is 11.1. The van der Waals surface area contributed by atoms with Crippen molar-refractivity contribution < 1.29 is 28.8 Å². The molecule has 6 heteroatoms. The fourth-order valence-corrected chi connectivity index (χ4v) is 2.65. The van der Waals surface area contributed by atoms with Crippen LogP contribution in [0.4, 0.5) is 0 Å². The van der Waals surface area contributed by atoms with E-state index in [2.05, 4.69) is 0 Å². The van der Waals surface area contributed by atoms with Gasteiger partial charge >= 0.3 is 5.97 Å². The SMILES string of the molecule is CCOc1ccc(C=CC(O)c2ccc(OC(C)=O)cc2OC)c(OCC)c1. The second-order valence-corrected chi connectivity index (χ2v) is 5.87. The van der Waals surface area contributed by atoms with E-state index >= 15 is 0 Å². The largest absolute Gasteiger partial charge is 0.496 e. The van der Waals surface area contributed by atoms with Crippen LogP contribution in [0.25, 0.3) is 6.08 Å². The van der Waals surface area contributed by atoms with Crippen molar-refractivity contribution in [2.24, 2.45) is 0 Å². The van der Waals surface area contributed by atoms with Crippen LogP contribution >= 0.6 is 0 Å². The summed E-state index contributed by atoms with van der Waals surface area (Å²) >= 11 is 0. The lowest BCUT2D eigenvalue weighted by molar-refractivity contribution is -0.131. The number of carbonyl (C=O) groups excluding carboxylic acids is 1. The number of rotatable bonds is 9. The molecule has 0 radical (unpaired) electrons. The molecule has 150 valence electrons. The Balaban J connectivity index is 2.25. The zero-order chi connectivity index (χ0) is 20.5. The molecule has 0 aromatic heterocycles. The van der Waals surface area contributed by atoms with Crippen molar-refractivity contribution in [2.75, 3.05) is 20.3 Å². The molecule has 0 heterocycles. The van der Waals surface area contributed by atoms with Crippen LogP contribution in [-0.2, 0) is 4.79 Å². The minimum Gasteiger partial charge on any atom is -0.496 e. The van der Waals surface area contributed by atoms with E-state index in [9.17, 15) is 9.90 Å². The average Bonchev–Trinajstić information content (AvgIpc) is 2.67. The first kappa shape index (κ1) is 21.3. The van der Waals surface area contributed by atoms with Gasteiger partial charge in [0.05, 0.1) is 20.3 Å². The van der Waals surface area contributed by atoms with Gasteiger partial charge in [-0.3, -0.25) is 4.79 Å². The van der Waals surface area contributed by atoms with Gasteiger partial charge in [-0.05, 0) is 38.1 Å². The molecule has 2 aromatic carbocycles. The Hall–Kier alpha value is -2.99. The summed E-state index contributed by atoms with van der Waals surface area (Å²) in [6.07, 6.45) is 2.51. The predicted octanol–water partition coefficient (Wildman–Crippen LogP) is 4.16. The van der Waals surface area contributed by atoms with E-state index in [0.29, 0.717) is 36.0 Å². The lowest BCUT2D eigenvalue weighted by atomic mass is 10.1. The molecule has 0 aliphatic carbocycles. The first-order valence-electron chi connectivity index (χ1n) is 9.10. The lowest BCUT2D eigenvalue weighted by Gasteiger charge is -2.14. The lowest BCUT2D eigenvalue weighted by Crippen LogP contribution is -2.03. The third-order valence-corrected chi connectivity index (χ3v) is 3.84. The van der Waals surface area contributed by atoms with Gasteiger partial charge in [0, 0.05) is 30.2 Å². The number of aliphatic hydroxyl groups excluding tert-OH is 1. The predicted molar refractivity (Wildman–Crippen MR) is 107 cm³/mol. The van der Waals surface area contributed by atoms with Crippen LogP contribution in [0.5, 0.6) is 23.0 Å². The van der Waals surface area contributed by atoms with Crippen molar-refractivity contribution in [3.8, 4) is 23.0 Å². The van der Waals surface area contributed by atoms with Crippen LogP contribution in [0.2, 0.25) is 0 Å². The van der Waals surface area contributed by atoms with Gasteiger partial charge in [-0.1, -0.05) is 12.2 Å². The van der Waals surface area contributed by atoms with Gasteiger partial charge in [0.15, 0.2) is 0 Å². The van der Waals surface area contributed by atoms with Crippen molar-refractivity contribution in [3.05, 3.63) is 53.6 Å². The van der Waals surface area contributed by atoms with Crippen molar-refractivity contribution in [2.45, 2.75) is 26.9 Å². The Labute approximate surface area is 165 Å². The number of benzene rings is 2. The molecule has 0 bridgehead atoms. The van der Waals surface area contributed by atoms with Gasteiger partial charge in [-0.25, -0.2) is 0 Å². The van der Waals surface area contributed by atoms with Crippen LogP contribution in [-0.4, -0.2) is 31.4 Å². The van der Waals surface area contributed by atoms with Crippen LogP contribution in [0.15, 0.2) is 42.5 Å². The van der Waals surface area contributed by atoms with E-state index in [4.69, 9.17) is 18.9 Å². The Bertz CT molecular complexity index is 828. The molecule has 2 aromatic rings. The molecule has 0 amide bonds. The van der Waals surface area contributed by atoms with E-state index in [1.165, 1.54) is 14.0 Å².